The molecule has 0 aromatic carbocycles. The molecule has 0 nitrogen and oxygen atoms in total. The van der Waals surface area contributed by atoms with Gasteiger partial charge in [0, 0.05) is 5.03 Å². The van der Waals surface area contributed by atoms with Crippen molar-refractivity contribution in [3.8, 4) is 0 Å². The van der Waals surface area contributed by atoms with Crippen molar-refractivity contribution in [1.82, 2.24) is 0 Å². The molecule has 0 heterocycles. The fourth-order valence-corrected chi connectivity index (χ4v) is 0.561. The first-order chi connectivity index (χ1) is 4.70. The third-order valence-corrected chi connectivity index (χ3v) is 1.85. The van der Waals surface area contributed by atoms with Crippen LogP contribution in [0.25, 0.3) is 0 Å². The van der Waals surface area contributed by atoms with Gasteiger partial charge in [-0.15, -0.1) is 0 Å². The molecule has 1 heteroatoms. The van der Waals surface area contributed by atoms with Crippen molar-refractivity contribution in [2.75, 3.05) is 0 Å². The van der Waals surface area contributed by atoms with E-state index in [2.05, 4.69) is 19.9 Å². The highest BCUT2D eigenvalue weighted by Gasteiger charge is 1.89. The first kappa shape index (κ1) is 9.77. The number of halogens is 1. The Labute approximate surface area is 68.6 Å². The second-order valence-corrected chi connectivity index (χ2v) is 2.85. The van der Waals surface area contributed by atoms with E-state index in [1.165, 1.54) is 6.42 Å². The Hall–Kier alpha value is -0.230. The van der Waals surface area contributed by atoms with Gasteiger partial charge in [0.2, 0.25) is 0 Å². The van der Waals surface area contributed by atoms with Gasteiger partial charge in [0.1, 0.15) is 0 Å². The van der Waals surface area contributed by atoms with Gasteiger partial charge in [0.25, 0.3) is 0 Å². The van der Waals surface area contributed by atoms with Gasteiger partial charge >= 0.3 is 0 Å². The SMILES string of the molecule is C/C=C(Cl)\C=C/C(C)CC. The average Bonchev–Trinajstić information content (AvgIpc) is 1.99. The molecule has 0 saturated heterocycles. The van der Waals surface area contributed by atoms with E-state index < -0.39 is 0 Å². The first-order valence-electron chi connectivity index (χ1n) is 3.70. The van der Waals surface area contributed by atoms with Crippen LogP contribution in [0.1, 0.15) is 27.2 Å². The van der Waals surface area contributed by atoms with E-state index >= 15 is 0 Å². The Balaban J connectivity index is 3.75. The van der Waals surface area contributed by atoms with Crippen molar-refractivity contribution in [3.63, 3.8) is 0 Å². The van der Waals surface area contributed by atoms with E-state index in [4.69, 9.17) is 11.6 Å². The van der Waals surface area contributed by atoms with Gasteiger partial charge in [-0.3, -0.25) is 0 Å². The molecular formula is C9H15Cl. The molecule has 0 rings (SSSR count). The molecular weight excluding hydrogens is 144 g/mol. The van der Waals surface area contributed by atoms with Crippen LogP contribution in [0.3, 0.4) is 0 Å². The summed E-state index contributed by atoms with van der Waals surface area (Å²) < 4.78 is 0. The number of rotatable bonds is 3. The van der Waals surface area contributed by atoms with Crippen molar-refractivity contribution >= 4 is 11.6 Å². The summed E-state index contributed by atoms with van der Waals surface area (Å²) in [7, 11) is 0. The maximum absolute atomic E-state index is 5.74. The molecule has 0 aliphatic heterocycles. The molecule has 0 saturated carbocycles. The van der Waals surface area contributed by atoms with Gasteiger partial charge in [-0.05, 0) is 18.9 Å². The minimum Gasteiger partial charge on any atom is -0.0847 e. The summed E-state index contributed by atoms with van der Waals surface area (Å²) in [6, 6.07) is 0. The molecule has 58 valence electrons. The Morgan fingerprint density at radius 2 is 2.20 bits per heavy atom. The highest BCUT2D eigenvalue weighted by atomic mass is 35.5. The smallest absolute Gasteiger partial charge is 0.0360 e. The van der Waals surface area contributed by atoms with Crippen LogP contribution in [-0.2, 0) is 0 Å². The lowest BCUT2D eigenvalue weighted by atomic mass is 10.1. The third kappa shape index (κ3) is 4.63. The largest absolute Gasteiger partial charge is 0.0847 e. The summed E-state index contributed by atoms with van der Waals surface area (Å²) in [5.41, 5.74) is 0. The molecule has 0 aromatic rings. The summed E-state index contributed by atoms with van der Waals surface area (Å²) >= 11 is 5.74. The molecule has 0 aromatic heterocycles. The summed E-state index contributed by atoms with van der Waals surface area (Å²) in [6.07, 6.45) is 7.14. The molecule has 0 aliphatic rings. The number of hydrogen-bond donors (Lipinski definition) is 0. The molecule has 0 bridgehead atoms. The van der Waals surface area contributed by atoms with E-state index in [9.17, 15) is 0 Å². The standard InChI is InChI=1S/C9H15Cl/c1-4-8(3)6-7-9(10)5-2/h5-8H,4H2,1-3H3/b7-6-,9-5+. The van der Waals surface area contributed by atoms with Crippen LogP contribution in [0.4, 0.5) is 0 Å². The van der Waals surface area contributed by atoms with Crippen molar-refractivity contribution < 1.29 is 0 Å². The van der Waals surface area contributed by atoms with Crippen LogP contribution in [0.2, 0.25) is 0 Å². The van der Waals surface area contributed by atoms with Gasteiger partial charge in [0.15, 0.2) is 0 Å². The van der Waals surface area contributed by atoms with Crippen LogP contribution < -0.4 is 0 Å². The summed E-state index contributed by atoms with van der Waals surface area (Å²) in [4.78, 5) is 0. The van der Waals surface area contributed by atoms with Crippen LogP contribution >= 0.6 is 11.6 Å². The molecule has 1 atom stereocenters. The Morgan fingerprint density at radius 3 is 2.60 bits per heavy atom. The Morgan fingerprint density at radius 1 is 1.60 bits per heavy atom. The summed E-state index contributed by atoms with van der Waals surface area (Å²) in [6.45, 7) is 6.28. The van der Waals surface area contributed by atoms with Crippen molar-refractivity contribution in [2.24, 2.45) is 5.92 Å². The Kier molecular flexibility index (Phi) is 5.42. The number of allylic oxidation sites excluding steroid dienone is 4. The van der Waals surface area contributed by atoms with Crippen molar-refractivity contribution in [1.29, 1.82) is 0 Å². The third-order valence-electron chi connectivity index (χ3n) is 1.50. The summed E-state index contributed by atoms with van der Waals surface area (Å²) in [5, 5.41) is 0.820. The lowest BCUT2D eigenvalue weighted by Gasteiger charge is -1.97. The van der Waals surface area contributed by atoms with Gasteiger partial charge in [0.05, 0.1) is 0 Å². The number of hydrogen-bond acceptors (Lipinski definition) is 0. The van der Waals surface area contributed by atoms with Gasteiger partial charge in [-0.1, -0.05) is 44.0 Å². The fourth-order valence-electron chi connectivity index (χ4n) is 0.488. The molecule has 10 heavy (non-hydrogen) atoms. The van der Waals surface area contributed by atoms with Crippen molar-refractivity contribution in [2.45, 2.75) is 27.2 Å². The van der Waals surface area contributed by atoms with E-state index in [-0.39, 0.29) is 0 Å². The fraction of sp³-hybridized carbons (Fsp3) is 0.556. The van der Waals surface area contributed by atoms with E-state index in [0.29, 0.717) is 5.92 Å². The Bertz CT molecular complexity index is 134. The van der Waals surface area contributed by atoms with Crippen LogP contribution in [0.15, 0.2) is 23.3 Å². The van der Waals surface area contributed by atoms with Gasteiger partial charge in [-0.25, -0.2) is 0 Å². The maximum atomic E-state index is 5.74. The molecule has 1 unspecified atom stereocenters. The quantitative estimate of drug-likeness (QED) is 0.549. The molecule has 0 radical (unpaired) electrons. The zero-order chi connectivity index (χ0) is 7.98. The zero-order valence-electron chi connectivity index (χ0n) is 6.89. The lowest BCUT2D eigenvalue weighted by Crippen LogP contribution is -1.83. The van der Waals surface area contributed by atoms with Crippen LogP contribution in [0, 0.1) is 5.92 Å². The average molecular weight is 159 g/mol. The molecule has 0 amide bonds. The van der Waals surface area contributed by atoms with Gasteiger partial charge in [-0.2, -0.15) is 0 Å². The van der Waals surface area contributed by atoms with Gasteiger partial charge < -0.3 is 0 Å². The second-order valence-electron chi connectivity index (χ2n) is 2.42. The molecule has 0 fully saturated rings. The minimum atomic E-state index is 0.633. The first-order valence-corrected chi connectivity index (χ1v) is 4.08. The topological polar surface area (TPSA) is 0 Å². The predicted octanol–water partition coefficient (Wildman–Crippen LogP) is 3.73. The predicted molar refractivity (Wildman–Crippen MR) is 48.2 cm³/mol. The molecule has 0 spiro atoms. The van der Waals surface area contributed by atoms with E-state index in [0.717, 1.165) is 5.03 Å². The van der Waals surface area contributed by atoms with Crippen LogP contribution in [0.5, 0.6) is 0 Å². The minimum absolute atomic E-state index is 0.633. The molecule has 0 aliphatic carbocycles. The van der Waals surface area contributed by atoms with Crippen molar-refractivity contribution in [3.05, 3.63) is 23.3 Å². The highest BCUT2D eigenvalue weighted by Crippen LogP contribution is 2.07. The van der Waals surface area contributed by atoms with E-state index in [1.54, 1.807) is 0 Å². The summed E-state index contributed by atoms with van der Waals surface area (Å²) in [5.74, 6) is 0.633. The lowest BCUT2D eigenvalue weighted by molar-refractivity contribution is 0.698. The van der Waals surface area contributed by atoms with E-state index in [1.807, 2.05) is 19.1 Å². The zero-order valence-corrected chi connectivity index (χ0v) is 7.65. The normalized spacial score (nSPS) is 16.2. The maximum Gasteiger partial charge on any atom is 0.0360 e. The molecule has 0 N–H and O–H groups in total. The second kappa shape index (κ2) is 5.55. The monoisotopic (exact) mass is 158 g/mol. The van der Waals surface area contributed by atoms with Crippen LogP contribution in [-0.4, -0.2) is 0 Å². The highest BCUT2D eigenvalue weighted by molar-refractivity contribution is 6.31.